The zero-order chi connectivity index (χ0) is 24.9. The number of hydrogen-bond acceptors (Lipinski definition) is 6. The molecule has 176 valence electrons. The average Bonchev–Trinajstić information content (AvgIpc) is 3.13. The number of ether oxygens (including phenoxy) is 1. The minimum Gasteiger partial charge on any atom is -0.483 e. The first-order chi connectivity index (χ1) is 16.8. The Hall–Kier alpha value is -4.99. The van der Waals surface area contributed by atoms with Gasteiger partial charge in [0, 0.05) is 23.4 Å². The molecule has 10 heteroatoms. The van der Waals surface area contributed by atoms with Crippen LogP contribution in [0.5, 0.6) is 5.75 Å². The van der Waals surface area contributed by atoms with E-state index in [1.165, 1.54) is 24.3 Å². The van der Waals surface area contributed by atoms with Gasteiger partial charge in [0.2, 0.25) is 0 Å². The molecule has 1 saturated heterocycles. The molecule has 0 aromatic heterocycles. The van der Waals surface area contributed by atoms with Gasteiger partial charge >= 0.3 is 0 Å². The van der Waals surface area contributed by atoms with Crippen LogP contribution in [0, 0.1) is 17.0 Å². The van der Waals surface area contributed by atoms with Gasteiger partial charge in [0.05, 0.1) is 10.6 Å². The van der Waals surface area contributed by atoms with Crippen LogP contribution < -0.4 is 20.5 Å². The number of aryl methyl sites for hydroxylation is 1. The summed E-state index contributed by atoms with van der Waals surface area (Å²) in [5.74, 6) is -1.65. The number of carbonyl (C=O) groups excluding carboxylic acids is 3. The molecule has 0 radical (unpaired) electrons. The number of benzene rings is 3. The van der Waals surface area contributed by atoms with Gasteiger partial charge in [0.25, 0.3) is 23.4 Å². The molecule has 3 aromatic carbocycles. The molecule has 1 fully saturated rings. The molecule has 0 spiro atoms. The number of nitrogens with zero attached hydrogens (tertiary/aromatic N) is 2. The molecule has 2 N–H and O–H groups in total. The summed E-state index contributed by atoms with van der Waals surface area (Å²) in [5, 5.41) is 15.1. The molecule has 4 rings (SSSR count). The lowest BCUT2D eigenvalue weighted by Gasteiger charge is -2.14. The van der Waals surface area contributed by atoms with Crippen LogP contribution in [0.3, 0.4) is 0 Å². The Morgan fingerprint density at radius 2 is 1.80 bits per heavy atom. The van der Waals surface area contributed by atoms with Crippen LogP contribution in [0.1, 0.15) is 11.1 Å². The van der Waals surface area contributed by atoms with Crippen molar-refractivity contribution in [3.8, 4) is 5.75 Å². The molecule has 1 aliphatic heterocycles. The van der Waals surface area contributed by atoms with E-state index >= 15 is 0 Å². The number of nitrogens with one attached hydrogen (secondary N) is 2. The van der Waals surface area contributed by atoms with Gasteiger partial charge in [0.1, 0.15) is 11.3 Å². The fraction of sp³-hybridized carbons (Fsp3) is 0.0800. The van der Waals surface area contributed by atoms with Gasteiger partial charge in [0.15, 0.2) is 6.61 Å². The summed E-state index contributed by atoms with van der Waals surface area (Å²) in [5.41, 5.74) is 4.03. The maximum atomic E-state index is 12.9. The molecule has 3 aromatic rings. The molecule has 35 heavy (non-hydrogen) atoms. The summed E-state index contributed by atoms with van der Waals surface area (Å²) in [6, 6.07) is 19.4. The lowest BCUT2D eigenvalue weighted by Crippen LogP contribution is -2.35. The summed E-state index contributed by atoms with van der Waals surface area (Å²) >= 11 is 0. The number of hydrogen-bond donors (Lipinski definition) is 2. The van der Waals surface area contributed by atoms with Crippen molar-refractivity contribution in [3.63, 3.8) is 0 Å². The van der Waals surface area contributed by atoms with E-state index in [2.05, 4.69) is 10.7 Å². The number of nitro groups is 1. The third-order valence-electron chi connectivity index (χ3n) is 5.19. The van der Waals surface area contributed by atoms with Crippen molar-refractivity contribution >= 4 is 40.9 Å². The smallest absolute Gasteiger partial charge is 0.282 e. The lowest BCUT2D eigenvalue weighted by atomic mass is 10.1. The summed E-state index contributed by atoms with van der Waals surface area (Å²) < 4.78 is 5.60. The van der Waals surface area contributed by atoms with E-state index in [0.717, 1.165) is 10.6 Å². The standard InChI is InChI=1S/C25H20N4O6/c1-16-7-5-6-10-21(16)26-23(30)15-35-22-12-11-19(29(33)34)13-17(22)14-20-24(31)27-28(25(20)32)18-8-3-2-4-9-18/h2-14H,15H2,1H3,(H,26,30)(H,27,31). The largest absolute Gasteiger partial charge is 0.483 e. The Morgan fingerprint density at radius 1 is 1.09 bits per heavy atom. The molecule has 3 amide bonds. The van der Waals surface area contributed by atoms with Crippen molar-refractivity contribution in [2.24, 2.45) is 0 Å². The molecular weight excluding hydrogens is 452 g/mol. The van der Waals surface area contributed by atoms with Crippen molar-refractivity contribution in [1.82, 2.24) is 5.43 Å². The molecule has 0 bridgehead atoms. The van der Waals surface area contributed by atoms with E-state index in [0.29, 0.717) is 11.4 Å². The van der Waals surface area contributed by atoms with Crippen LogP contribution in [0.15, 0.2) is 78.4 Å². The molecule has 10 nitrogen and oxygen atoms in total. The number of amides is 3. The van der Waals surface area contributed by atoms with Crippen LogP contribution in [-0.2, 0) is 14.4 Å². The molecule has 0 saturated carbocycles. The number of carbonyl (C=O) groups is 3. The SMILES string of the molecule is Cc1ccccc1NC(=O)COc1ccc([N+](=O)[O-])cc1C=C1C(=O)NN(c2ccccc2)C1=O. The maximum Gasteiger partial charge on any atom is 0.282 e. The highest BCUT2D eigenvalue weighted by Crippen LogP contribution is 2.29. The quantitative estimate of drug-likeness (QED) is 0.235. The van der Waals surface area contributed by atoms with E-state index in [-0.39, 0.29) is 22.6 Å². The first-order valence-electron chi connectivity index (χ1n) is 10.5. The highest BCUT2D eigenvalue weighted by molar-refractivity contribution is 6.31. The maximum absolute atomic E-state index is 12.9. The summed E-state index contributed by atoms with van der Waals surface area (Å²) in [6.45, 7) is 1.46. The third-order valence-corrected chi connectivity index (χ3v) is 5.19. The van der Waals surface area contributed by atoms with Gasteiger partial charge in [-0.3, -0.25) is 29.9 Å². The Kier molecular flexibility index (Phi) is 6.54. The molecule has 1 heterocycles. The van der Waals surface area contributed by atoms with Crippen molar-refractivity contribution in [2.45, 2.75) is 6.92 Å². The number of non-ortho nitro benzene ring substituents is 1. The van der Waals surface area contributed by atoms with E-state index in [9.17, 15) is 24.5 Å². The molecule has 0 aliphatic carbocycles. The highest BCUT2D eigenvalue weighted by atomic mass is 16.6. The monoisotopic (exact) mass is 472 g/mol. The van der Waals surface area contributed by atoms with Crippen molar-refractivity contribution in [2.75, 3.05) is 16.9 Å². The first kappa shape index (κ1) is 23.2. The Balaban J connectivity index is 1.58. The van der Waals surface area contributed by atoms with E-state index in [1.54, 1.807) is 42.5 Å². The van der Waals surface area contributed by atoms with E-state index in [1.807, 2.05) is 19.1 Å². The Labute approximate surface area is 199 Å². The summed E-state index contributed by atoms with van der Waals surface area (Å²) in [4.78, 5) is 48.5. The minimum atomic E-state index is -0.673. The second kappa shape index (κ2) is 9.87. The highest BCUT2D eigenvalue weighted by Gasteiger charge is 2.34. The molecular formula is C25H20N4O6. The fourth-order valence-electron chi connectivity index (χ4n) is 3.41. The predicted molar refractivity (Wildman–Crippen MR) is 128 cm³/mol. The molecule has 1 aliphatic rings. The summed E-state index contributed by atoms with van der Waals surface area (Å²) in [6.07, 6.45) is 1.21. The average molecular weight is 472 g/mol. The zero-order valence-electron chi connectivity index (χ0n) is 18.6. The van der Waals surface area contributed by atoms with Gasteiger partial charge in [-0.2, -0.15) is 0 Å². The Morgan fingerprint density at radius 3 is 2.51 bits per heavy atom. The second-order valence-electron chi connectivity index (χ2n) is 7.61. The molecule has 0 unspecified atom stereocenters. The second-order valence-corrected chi connectivity index (χ2v) is 7.61. The van der Waals surface area contributed by atoms with Gasteiger partial charge in [-0.05, 0) is 42.8 Å². The van der Waals surface area contributed by atoms with Crippen molar-refractivity contribution < 1.29 is 24.0 Å². The number of rotatable bonds is 7. The third kappa shape index (κ3) is 5.17. The zero-order valence-corrected chi connectivity index (χ0v) is 18.6. The van der Waals surface area contributed by atoms with Crippen molar-refractivity contribution in [1.29, 1.82) is 0 Å². The minimum absolute atomic E-state index is 0.0989. The van der Waals surface area contributed by atoms with Gasteiger partial charge in [-0.15, -0.1) is 0 Å². The first-order valence-corrected chi connectivity index (χ1v) is 10.5. The van der Waals surface area contributed by atoms with Crippen LogP contribution in [-0.4, -0.2) is 29.3 Å². The fourth-order valence-corrected chi connectivity index (χ4v) is 3.41. The number of para-hydroxylation sites is 2. The van der Waals surface area contributed by atoms with Gasteiger partial charge in [-0.1, -0.05) is 36.4 Å². The number of nitro benzene ring substituents is 1. The van der Waals surface area contributed by atoms with Crippen LogP contribution in [0.2, 0.25) is 0 Å². The van der Waals surface area contributed by atoms with Gasteiger partial charge < -0.3 is 10.1 Å². The number of anilines is 2. The van der Waals surface area contributed by atoms with Crippen LogP contribution >= 0.6 is 0 Å². The topological polar surface area (TPSA) is 131 Å². The van der Waals surface area contributed by atoms with Gasteiger partial charge in [-0.25, -0.2) is 5.01 Å². The Bertz CT molecular complexity index is 1350. The van der Waals surface area contributed by atoms with Crippen LogP contribution in [0.4, 0.5) is 17.1 Å². The van der Waals surface area contributed by atoms with E-state index in [4.69, 9.17) is 4.74 Å². The lowest BCUT2D eigenvalue weighted by molar-refractivity contribution is -0.384. The molecule has 0 atom stereocenters. The normalized spacial score (nSPS) is 14.1. The predicted octanol–water partition coefficient (Wildman–Crippen LogP) is 3.38. The van der Waals surface area contributed by atoms with E-state index < -0.39 is 29.3 Å². The van der Waals surface area contributed by atoms with Crippen molar-refractivity contribution in [3.05, 3.63) is 99.6 Å². The summed E-state index contributed by atoms with van der Waals surface area (Å²) in [7, 11) is 0. The van der Waals surface area contributed by atoms with Crippen LogP contribution in [0.25, 0.3) is 6.08 Å². The number of hydrazine groups is 1.